The largest absolute Gasteiger partial charge is 0.137 e. The molecule has 2 aromatic rings. The van der Waals surface area contributed by atoms with E-state index in [4.69, 9.17) is 0 Å². The monoisotopic (exact) mass is 289 g/mol. The van der Waals surface area contributed by atoms with E-state index in [1.165, 1.54) is 6.20 Å². The predicted molar refractivity (Wildman–Crippen MR) is 85.8 cm³/mol. The molecule has 2 rings (SSSR count). The van der Waals surface area contributed by atoms with Gasteiger partial charge in [-0.2, -0.15) is 0 Å². The van der Waals surface area contributed by atoms with E-state index in [1.54, 1.807) is 6.07 Å². The third-order valence-electron chi connectivity index (χ3n) is 2.54. The Balaban J connectivity index is 2.53. The number of rotatable bonds is 0. The van der Waals surface area contributed by atoms with E-state index >= 15 is 0 Å². The van der Waals surface area contributed by atoms with Gasteiger partial charge in [0.05, 0.1) is 11.7 Å². The van der Waals surface area contributed by atoms with Gasteiger partial charge in [0.1, 0.15) is 0 Å². The Bertz CT molecular complexity index is 709. The molecule has 0 saturated carbocycles. The van der Waals surface area contributed by atoms with E-state index in [0.29, 0.717) is 0 Å². The zero-order valence-electron chi connectivity index (χ0n) is 11.9. The van der Waals surface area contributed by atoms with Crippen LogP contribution >= 0.6 is 0 Å². The second-order valence-corrected chi connectivity index (χ2v) is 4.09. The SMILES string of the molecule is c1cccccnnnnnc2ccccc2ccccc1. The molecule has 0 aliphatic rings. The Kier molecular flexibility index (Phi) is 6.66. The van der Waals surface area contributed by atoms with Gasteiger partial charge in [-0.15, -0.1) is 10.2 Å². The molecule has 0 bridgehead atoms. The fourth-order valence-electron chi connectivity index (χ4n) is 1.55. The van der Waals surface area contributed by atoms with Crippen molar-refractivity contribution in [1.82, 2.24) is 25.8 Å². The highest BCUT2D eigenvalue weighted by molar-refractivity contribution is 5.76. The van der Waals surface area contributed by atoms with E-state index in [-0.39, 0.29) is 0 Å². The lowest BCUT2D eigenvalue weighted by Crippen LogP contribution is -1.85. The van der Waals surface area contributed by atoms with Crippen LogP contribution in [-0.4, -0.2) is 25.8 Å². The second-order valence-electron chi connectivity index (χ2n) is 4.09. The number of benzene rings is 1. The molecule has 22 heavy (non-hydrogen) atoms. The Morgan fingerprint density at radius 1 is 0.500 bits per heavy atom. The number of fused-ring (bicyclic) bond motifs is 1. The van der Waals surface area contributed by atoms with Crippen molar-refractivity contribution in [3.05, 3.63) is 91.1 Å². The fraction of sp³-hybridized carbons (Fsp3) is 0. The topological polar surface area (TPSA) is 64.5 Å². The lowest BCUT2D eigenvalue weighted by molar-refractivity contribution is 0.740. The van der Waals surface area contributed by atoms with Gasteiger partial charge in [-0.3, -0.25) is 0 Å². The van der Waals surface area contributed by atoms with Gasteiger partial charge in [0.2, 0.25) is 0 Å². The third-order valence-corrected chi connectivity index (χ3v) is 2.54. The summed E-state index contributed by atoms with van der Waals surface area (Å²) >= 11 is 0. The van der Waals surface area contributed by atoms with Gasteiger partial charge < -0.3 is 0 Å². The quantitative estimate of drug-likeness (QED) is 0.745. The second kappa shape index (κ2) is 9.66. The molecule has 0 fully saturated rings. The zero-order valence-corrected chi connectivity index (χ0v) is 11.9. The summed E-state index contributed by atoms with van der Waals surface area (Å²) in [6, 6.07) is 26.7. The number of aromatic nitrogens is 5. The smallest absolute Gasteiger partial charge is 0.0947 e. The molecule has 0 spiro atoms. The van der Waals surface area contributed by atoms with Crippen molar-refractivity contribution in [1.29, 1.82) is 0 Å². The molecular formula is C17H15N5. The van der Waals surface area contributed by atoms with Gasteiger partial charge in [0.25, 0.3) is 0 Å². The van der Waals surface area contributed by atoms with Gasteiger partial charge in [-0.05, 0) is 27.8 Å². The predicted octanol–water partition coefficient (Wildman–Crippen LogP) is 3.19. The van der Waals surface area contributed by atoms with Crippen LogP contribution in [0.4, 0.5) is 0 Å². The van der Waals surface area contributed by atoms with Crippen LogP contribution in [0.25, 0.3) is 10.9 Å². The van der Waals surface area contributed by atoms with Crippen LogP contribution in [0, 0.1) is 0 Å². The fourth-order valence-corrected chi connectivity index (χ4v) is 1.55. The maximum absolute atomic E-state index is 4.02. The highest BCUT2D eigenvalue weighted by atomic mass is 15.5. The first-order valence-corrected chi connectivity index (χ1v) is 6.73. The highest BCUT2D eigenvalue weighted by Gasteiger charge is 1.85. The summed E-state index contributed by atoms with van der Waals surface area (Å²) < 4.78 is 0. The summed E-state index contributed by atoms with van der Waals surface area (Å²) in [6.45, 7) is 0. The van der Waals surface area contributed by atoms with Gasteiger partial charge in [0.15, 0.2) is 0 Å². The van der Waals surface area contributed by atoms with E-state index < -0.39 is 0 Å². The minimum absolute atomic E-state index is 0.717. The van der Waals surface area contributed by atoms with Crippen molar-refractivity contribution in [2.75, 3.05) is 0 Å². The van der Waals surface area contributed by atoms with Crippen molar-refractivity contribution < 1.29 is 0 Å². The Morgan fingerprint density at radius 2 is 1.09 bits per heavy atom. The average Bonchev–Trinajstić information content (AvgIpc) is 2.55. The first-order valence-electron chi connectivity index (χ1n) is 6.73. The van der Waals surface area contributed by atoms with Crippen LogP contribution in [0.15, 0.2) is 91.1 Å². The summed E-state index contributed by atoms with van der Waals surface area (Å²) in [6.07, 6.45) is 1.52. The van der Waals surface area contributed by atoms with Crippen molar-refractivity contribution in [2.24, 2.45) is 0 Å². The molecule has 0 saturated heterocycles. The van der Waals surface area contributed by atoms with Crippen LogP contribution in [0.5, 0.6) is 0 Å². The third kappa shape index (κ3) is 5.83. The maximum atomic E-state index is 4.02. The van der Waals surface area contributed by atoms with E-state index in [2.05, 4.69) is 25.8 Å². The van der Waals surface area contributed by atoms with Crippen molar-refractivity contribution >= 4 is 10.9 Å². The number of hydrogen-bond donors (Lipinski definition) is 0. The van der Waals surface area contributed by atoms with Gasteiger partial charge in [-0.25, -0.2) is 0 Å². The van der Waals surface area contributed by atoms with Gasteiger partial charge in [0, 0.05) is 5.39 Å². The zero-order chi connectivity index (χ0) is 15.3. The maximum Gasteiger partial charge on any atom is 0.0947 e. The summed E-state index contributed by atoms with van der Waals surface area (Å²) in [7, 11) is 0. The number of hydrogen-bond acceptors (Lipinski definition) is 5. The van der Waals surface area contributed by atoms with Gasteiger partial charge >= 0.3 is 0 Å². The Labute approximate surface area is 128 Å². The molecule has 0 atom stereocenters. The first kappa shape index (κ1) is 15.2. The molecule has 5 nitrogen and oxygen atoms in total. The molecule has 0 amide bonds. The lowest BCUT2D eigenvalue weighted by atomic mass is 10.2. The van der Waals surface area contributed by atoms with Crippen LogP contribution < -0.4 is 0 Å². The lowest BCUT2D eigenvalue weighted by Gasteiger charge is -1.87. The number of nitrogens with zero attached hydrogens (tertiary/aromatic N) is 5. The van der Waals surface area contributed by atoms with Crippen molar-refractivity contribution in [3.63, 3.8) is 0 Å². The minimum Gasteiger partial charge on any atom is -0.137 e. The first-order chi connectivity index (χ1) is 11.0. The molecular weight excluding hydrogens is 274 g/mol. The van der Waals surface area contributed by atoms with E-state index in [9.17, 15) is 0 Å². The highest BCUT2D eigenvalue weighted by Crippen LogP contribution is 2.05. The van der Waals surface area contributed by atoms with Crippen LogP contribution in [0.3, 0.4) is 0 Å². The average molecular weight is 289 g/mol. The molecule has 1 aromatic carbocycles. The van der Waals surface area contributed by atoms with Crippen LogP contribution in [-0.2, 0) is 0 Å². The Hall–Kier alpha value is -3.21. The molecule has 108 valence electrons. The van der Waals surface area contributed by atoms with E-state index in [1.807, 2.05) is 78.9 Å². The summed E-state index contributed by atoms with van der Waals surface area (Å²) in [5.41, 5.74) is 0.717. The molecule has 5 heteroatoms. The van der Waals surface area contributed by atoms with Crippen LogP contribution in [0.1, 0.15) is 0 Å². The standard InChI is InChI=1S/C17H15N5/c1-2-4-6-8-12-16-13-9-10-14-17(16)19-21-22-20-18-15-11-7-5-3-1/h1-15H. The van der Waals surface area contributed by atoms with Crippen molar-refractivity contribution in [2.45, 2.75) is 0 Å². The molecule has 0 aliphatic carbocycles. The minimum atomic E-state index is 0.717. The summed E-state index contributed by atoms with van der Waals surface area (Å²) in [4.78, 5) is 0. The van der Waals surface area contributed by atoms with Gasteiger partial charge in [-0.1, -0.05) is 72.8 Å². The molecule has 0 N–H and O–H groups in total. The molecule has 1 heterocycles. The molecule has 1 aromatic heterocycles. The van der Waals surface area contributed by atoms with E-state index in [0.717, 1.165) is 10.9 Å². The van der Waals surface area contributed by atoms with Crippen molar-refractivity contribution in [3.8, 4) is 0 Å². The summed E-state index contributed by atoms with van der Waals surface area (Å²) in [5.74, 6) is 0. The summed E-state index contributed by atoms with van der Waals surface area (Å²) in [5, 5.41) is 19.4. The van der Waals surface area contributed by atoms with Crippen LogP contribution in [0.2, 0.25) is 0 Å². The molecule has 0 radical (unpaired) electrons. The molecule has 0 aliphatic heterocycles. The molecule has 0 unspecified atom stereocenters. The Morgan fingerprint density at radius 3 is 1.86 bits per heavy atom. The normalized spacial score (nSPS) is 8.91.